The second kappa shape index (κ2) is 9.47. The molecular formula is C25H28N4O3S. The number of hydrogen-bond donors (Lipinski definition) is 0. The summed E-state index contributed by atoms with van der Waals surface area (Å²) in [6.07, 6.45) is 2.14. The lowest BCUT2D eigenvalue weighted by molar-refractivity contribution is -0.131. The molecule has 7 nitrogen and oxygen atoms in total. The Morgan fingerprint density at radius 1 is 1.09 bits per heavy atom. The van der Waals surface area contributed by atoms with Crippen molar-refractivity contribution >= 4 is 17.7 Å². The number of likely N-dealkylation sites (tertiary alicyclic amines) is 1. The van der Waals surface area contributed by atoms with Crippen LogP contribution < -0.4 is 9.47 Å². The number of carbonyl (C=O) groups is 1. The number of hydrogen-bond acceptors (Lipinski definition) is 6. The number of ether oxygens (including phenoxy) is 2. The molecule has 33 heavy (non-hydrogen) atoms. The Bertz CT molecular complexity index is 1130. The number of amides is 1. The minimum absolute atomic E-state index is 0.172. The molecule has 1 atom stereocenters. The summed E-state index contributed by atoms with van der Waals surface area (Å²) < 4.78 is 13.1. The van der Waals surface area contributed by atoms with Gasteiger partial charge in [-0.1, -0.05) is 55.1 Å². The van der Waals surface area contributed by atoms with Crippen LogP contribution in [0.2, 0.25) is 0 Å². The van der Waals surface area contributed by atoms with Crippen LogP contribution in [0, 0.1) is 5.92 Å². The molecule has 2 aliphatic rings. The van der Waals surface area contributed by atoms with Gasteiger partial charge in [0.25, 0.3) is 0 Å². The highest BCUT2D eigenvalue weighted by Crippen LogP contribution is 2.34. The van der Waals surface area contributed by atoms with E-state index >= 15 is 0 Å². The topological polar surface area (TPSA) is 69.5 Å². The minimum atomic E-state index is -0.235. The van der Waals surface area contributed by atoms with Crippen LogP contribution in [-0.4, -0.2) is 50.7 Å². The maximum atomic E-state index is 13.1. The zero-order chi connectivity index (χ0) is 22.8. The van der Waals surface area contributed by atoms with Crippen molar-refractivity contribution in [1.82, 2.24) is 19.7 Å². The van der Waals surface area contributed by atoms with Gasteiger partial charge in [0.15, 0.2) is 22.5 Å². The Hall–Kier alpha value is -3.00. The standard InChI is InChI=1S/C25H28N4O3S/c1-17-10-12-28(13-11-17)24(30)18(2)33-25-27-26-23(20-6-4-3-5-7-20)29(25)15-19-8-9-21-22(14-19)32-16-31-21/h3-9,14,17-18H,10-13,15-16H2,1-2H3. The second-order valence-corrected chi connectivity index (χ2v) is 10.0. The number of benzene rings is 2. The Labute approximate surface area is 198 Å². The lowest BCUT2D eigenvalue weighted by Crippen LogP contribution is -2.41. The van der Waals surface area contributed by atoms with E-state index in [4.69, 9.17) is 9.47 Å². The predicted octanol–water partition coefficient (Wildman–Crippen LogP) is 4.46. The average molecular weight is 465 g/mol. The molecule has 3 aromatic rings. The van der Waals surface area contributed by atoms with Crippen LogP contribution in [0.3, 0.4) is 0 Å². The molecule has 1 fully saturated rings. The van der Waals surface area contributed by atoms with E-state index in [-0.39, 0.29) is 18.0 Å². The molecule has 2 aromatic carbocycles. The lowest BCUT2D eigenvalue weighted by atomic mass is 9.99. The molecule has 8 heteroatoms. The van der Waals surface area contributed by atoms with Crippen LogP contribution >= 0.6 is 11.8 Å². The van der Waals surface area contributed by atoms with Gasteiger partial charge in [0, 0.05) is 18.7 Å². The third-order valence-corrected chi connectivity index (χ3v) is 7.32. The van der Waals surface area contributed by atoms with Crippen LogP contribution in [-0.2, 0) is 11.3 Å². The van der Waals surface area contributed by atoms with Crippen molar-refractivity contribution in [3.05, 3.63) is 54.1 Å². The fourth-order valence-electron chi connectivity index (χ4n) is 4.24. The van der Waals surface area contributed by atoms with Crippen molar-refractivity contribution < 1.29 is 14.3 Å². The Morgan fingerprint density at radius 3 is 2.64 bits per heavy atom. The fraction of sp³-hybridized carbons (Fsp3) is 0.400. The summed E-state index contributed by atoms with van der Waals surface area (Å²) >= 11 is 1.48. The largest absolute Gasteiger partial charge is 0.454 e. The SMILES string of the molecule is CC1CCN(C(=O)C(C)Sc2nnc(-c3ccccc3)n2Cc2ccc3c(c2)OCO3)CC1. The van der Waals surface area contributed by atoms with Gasteiger partial charge in [-0.25, -0.2) is 0 Å². The summed E-state index contributed by atoms with van der Waals surface area (Å²) in [6, 6.07) is 16.0. The Kier molecular flexibility index (Phi) is 6.26. The van der Waals surface area contributed by atoms with Gasteiger partial charge in [0.05, 0.1) is 11.8 Å². The number of aromatic nitrogens is 3. The van der Waals surface area contributed by atoms with E-state index < -0.39 is 0 Å². The normalized spacial score (nSPS) is 16.7. The first-order valence-electron chi connectivity index (χ1n) is 11.4. The first-order valence-corrected chi connectivity index (χ1v) is 12.3. The van der Waals surface area contributed by atoms with Gasteiger partial charge in [-0.15, -0.1) is 10.2 Å². The van der Waals surface area contributed by atoms with Gasteiger partial charge in [-0.3, -0.25) is 9.36 Å². The van der Waals surface area contributed by atoms with Gasteiger partial charge < -0.3 is 14.4 Å². The van der Waals surface area contributed by atoms with Crippen LogP contribution in [0.15, 0.2) is 53.7 Å². The molecule has 0 radical (unpaired) electrons. The van der Waals surface area contributed by atoms with Crippen molar-refractivity contribution in [1.29, 1.82) is 0 Å². The van der Waals surface area contributed by atoms with Gasteiger partial charge in [-0.2, -0.15) is 0 Å². The van der Waals surface area contributed by atoms with Crippen LogP contribution in [0.5, 0.6) is 11.5 Å². The van der Waals surface area contributed by atoms with Crippen molar-refractivity contribution in [2.24, 2.45) is 5.92 Å². The van der Waals surface area contributed by atoms with Gasteiger partial charge in [0.2, 0.25) is 12.7 Å². The molecule has 0 saturated carbocycles. The molecule has 1 unspecified atom stereocenters. The highest BCUT2D eigenvalue weighted by molar-refractivity contribution is 8.00. The van der Waals surface area contributed by atoms with Gasteiger partial charge in [-0.05, 0) is 43.4 Å². The average Bonchev–Trinajstić information content (AvgIpc) is 3.46. The number of carbonyl (C=O) groups excluding carboxylic acids is 1. The number of thioether (sulfide) groups is 1. The van der Waals surface area contributed by atoms with Crippen LogP contribution in [0.1, 0.15) is 32.3 Å². The smallest absolute Gasteiger partial charge is 0.235 e. The molecule has 1 saturated heterocycles. The maximum Gasteiger partial charge on any atom is 0.235 e. The zero-order valence-electron chi connectivity index (χ0n) is 18.9. The number of fused-ring (bicyclic) bond motifs is 1. The first kappa shape index (κ1) is 21.8. The number of nitrogens with zero attached hydrogens (tertiary/aromatic N) is 4. The van der Waals surface area contributed by atoms with Crippen molar-refractivity contribution in [3.8, 4) is 22.9 Å². The van der Waals surface area contributed by atoms with E-state index in [0.717, 1.165) is 59.5 Å². The molecule has 172 valence electrons. The van der Waals surface area contributed by atoms with E-state index in [1.165, 1.54) is 11.8 Å². The van der Waals surface area contributed by atoms with Crippen molar-refractivity contribution in [2.75, 3.05) is 19.9 Å². The quantitative estimate of drug-likeness (QED) is 0.502. The third kappa shape index (κ3) is 4.71. The number of piperidine rings is 1. The summed E-state index contributed by atoms with van der Waals surface area (Å²) in [5.74, 6) is 3.15. The maximum absolute atomic E-state index is 13.1. The highest BCUT2D eigenvalue weighted by atomic mass is 32.2. The zero-order valence-corrected chi connectivity index (χ0v) is 19.8. The first-order chi connectivity index (χ1) is 16.1. The molecule has 1 amide bonds. The Morgan fingerprint density at radius 2 is 1.85 bits per heavy atom. The summed E-state index contributed by atoms with van der Waals surface area (Å²) in [7, 11) is 0. The van der Waals surface area contributed by atoms with Crippen LogP contribution in [0.25, 0.3) is 11.4 Å². The van der Waals surface area contributed by atoms with E-state index in [9.17, 15) is 4.79 Å². The lowest BCUT2D eigenvalue weighted by Gasteiger charge is -2.32. The van der Waals surface area contributed by atoms with Crippen molar-refractivity contribution in [2.45, 2.75) is 43.6 Å². The fourth-order valence-corrected chi connectivity index (χ4v) is 5.17. The predicted molar refractivity (Wildman–Crippen MR) is 127 cm³/mol. The monoisotopic (exact) mass is 464 g/mol. The molecule has 1 aromatic heterocycles. The summed E-state index contributed by atoms with van der Waals surface area (Å²) in [6.45, 7) is 6.71. The van der Waals surface area contributed by atoms with Crippen molar-refractivity contribution in [3.63, 3.8) is 0 Å². The number of rotatable bonds is 6. The minimum Gasteiger partial charge on any atom is -0.454 e. The molecule has 0 bridgehead atoms. The van der Waals surface area contributed by atoms with E-state index in [2.05, 4.69) is 21.7 Å². The summed E-state index contributed by atoms with van der Waals surface area (Å²) in [4.78, 5) is 15.1. The van der Waals surface area contributed by atoms with Crippen LogP contribution in [0.4, 0.5) is 0 Å². The molecule has 0 aliphatic carbocycles. The second-order valence-electron chi connectivity index (χ2n) is 8.71. The third-order valence-electron chi connectivity index (χ3n) is 6.25. The Balaban J connectivity index is 1.41. The summed E-state index contributed by atoms with van der Waals surface area (Å²) in [5, 5.41) is 9.49. The van der Waals surface area contributed by atoms with E-state index in [0.29, 0.717) is 12.5 Å². The van der Waals surface area contributed by atoms with E-state index in [1.807, 2.05) is 60.4 Å². The van der Waals surface area contributed by atoms with Gasteiger partial charge in [0.1, 0.15) is 0 Å². The highest BCUT2D eigenvalue weighted by Gasteiger charge is 2.27. The molecule has 3 heterocycles. The summed E-state index contributed by atoms with van der Waals surface area (Å²) in [5.41, 5.74) is 2.05. The van der Waals surface area contributed by atoms with E-state index in [1.54, 1.807) is 0 Å². The molecule has 2 aliphatic heterocycles. The van der Waals surface area contributed by atoms with Gasteiger partial charge >= 0.3 is 0 Å². The molecule has 0 N–H and O–H groups in total. The molecule has 0 spiro atoms. The molecule has 5 rings (SSSR count). The molecular weight excluding hydrogens is 436 g/mol.